The fourth-order valence-electron chi connectivity index (χ4n) is 6.60. The summed E-state index contributed by atoms with van der Waals surface area (Å²) in [6.45, 7) is 8.02. The van der Waals surface area contributed by atoms with Gasteiger partial charge in [-0.3, -0.25) is 14.5 Å². The van der Waals surface area contributed by atoms with Gasteiger partial charge in [0.15, 0.2) is 5.11 Å². The number of benzene rings is 2. The van der Waals surface area contributed by atoms with E-state index in [1.165, 1.54) is 36.2 Å². The Balaban J connectivity index is 1.94. The van der Waals surface area contributed by atoms with Gasteiger partial charge in [-0.25, -0.2) is 4.39 Å². The van der Waals surface area contributed by atoms with Gasteiger partial charge in [0, 0.05) is 12.7 Å². The lowest BCUT2D eigenvalue weighted by atomic mass is 9.58. The minimum atomic E-state index is -4.84. The fourth-order valence-corrected chi connectivity index (χ4v) is 7.07. The summed E-state index contributed by atoms with van der Waals surface area (Å²) >= 11 is 5.74. The number of hydrogen-bond donors (Lipinski definition) is 1. The second-order valence-electron chi connectivity index (χ2n) is 11.7. The third-order valence-corrected chi connectivity index (χ3v) is 7.65. The SMILES string of the molecule is CNC(=O)c1ccc(N2C(=S)N(c3ccc(C#N)c(C(F)(F)F)c3)C(=O)C23CC(C)(C)CC(C)(C)C3)cc1F. The van der Waals surface area contributed by atoms with E-state index in [2.05, 4.69) is 5.32 Å². The quantitative estimate of drug-likeness (QED) is 0.358. The fraction of sp³-hybridized carbons (Fsp3) is 0.429. The van der Waals surface area contributed by atoms with E-state index < -0.39 is 40.5 Å². The molecule has 1 spiro atoms. The molecular weight excluding hydrogens is 532 g/mol. The second kappa shape index (κ2) is 9.30. The van der Waals surface area contributed by atoms with Gasteiger partial charge in [-0.15, -0.1) is 0 Å². The highest BCUT2D eigenvalue weighted by molar-refractivity contribution is 7.81. The molecule has 2 amide bonds. The molecule has 2 aromatic carbocycles. The highest BCUT2D eigenvalue weighted by atomic mass is 32.1. The molecule has 1 saturated heterocycles. The average Bonchev–Trinajstić information content (AvgIpc) is 3.00. The molecule has 0 radical (unpaired) electrons. The second-order valence-corrected chi connectivity index (χ2v) is 12.1. The summed E-state index contributed by atoms with van der Waals surface area (Å²) in [5.74, 6) is -1.99. The molecule has 39 heavy (non-hydrogen) atoms. The van der Waals surface area contributed by atoms with Crippen LogP contribution in [0.2, 0.25) is 0 Å². The minimum absolute atomic E-state index is 0.113. The van der Waals surface area contributed by atoms with Crippen LogP contribution in [0.5, 0.6) is 0 Å². The van der Waals surface area contributed by atoms with E-state index >= 15 is 4.39 Å². The van der Waals surface area contributed by atoms with Gasteiger partial charge in [-0.05, 0) is 78.7 Å². The Morgan fingerprint density at radius 3 is 2.13 bits per heavy atom. The van der Waals surface area contributed by atoms with Crippen molar-refractivity contribution in [2.45, 2.75) is 58.7 Å². The Labute approximate surface area is 229 Å². The lowest BCUT2D eigenvalue weighted by molar-refractivity contribution is -0.137. The molecular formula is C28H28F4N4O2S. The molecule has 1 N–H and O–H groups in total. The summed E-state index contributed by atoms with van der Waals surface area (Å²) in [7, 11) is 1.37. The van der Waals surface area contributed by atoms with Gasteiger partial charge < -0.3 is 10.2 Å². The number of halogens is 4. The molecule has 2 fully saturated rings. The van der Waals surface area contributed by atoms with Crippen LogP contribution in [0.3, 0.4) is 0 Å². The molecule has 0 unspecified atom stereocenters. The third kappa shape index (κ3) is 4.86. The number of amides is 2. The van der Waals surface area contributed by atoms with Crippen LogP contribution in [0.25, 0.3) is 0 Å². The van der Waals surface area contributed by atoms with Crippen LogP contribution in [0, 0.1) is 28.0 Å². The monoisotopic (exact) mass is 560 g/mol. The zero-order valence-corrected chi connectivity index (χ0v) is 23.0. The van der Waals surface area contributed by atoms with E-state index in [9.17, 15) is 28.0 Å². The van der Waals surface area contributed by atoms with Gasteiger partial charge in [0.1, 0.15) is 11.4 Å². The van der Waals surface area contributed by atoms with Gasteiger partial charge in [0.25, 0.3) is 11.8 Å². The third-order valence-electron chi connectivity index (χ3n) is 7.28. The van der Waals surface area contributed by atoms with Crippen LogP contribution >= 0.6 is 12.2 Å². The molecule has 0 atom stereocenters. The molecule has 4 rings (SSSR count). The standard InChI is InChI=1S/C28H28F4N4O2S/c1-25(2)13-26(3,4)15-27(14-25)23(38)35(17-7-6-16(12-33)20(10-17)28(30,31)32)24(39)36(27)18-8-9-19(21(29)11-18)22(37)34-5/h6-11H,13-15H2,1-5H3,(H,34,37). The van der Waals surface area contributed by atoms with Crippen molar-refractivity contribution in [1.82, 2.24) is 5.32 Å². The molecule has 6 nitrogen and oxygen atoms in total. The highest BCUT2D eigenvalue weighted by Gasteiger charge is 2.62. The molecule has 1 aliphatic carbocycles. The Hall–Kier alpha value is -3.52. The van der Waals surface area contributed by atoms with E-state index in [1.54, 1.807) is 0 Å². The van der Waals surface area contributed by atoms with E-state index in [0.29, 0.717) is 12.8 Å². The Morgan fingerprint density at radius 2 is 1.62 bits per heavy atom. The molecule has 0 aromatic heterocycles. The maximum Gasteiger partial charge on any atom is 0.417 e. The zero-order valence-electron chi connectivity index (χ0n) is 22.2. The molecule has 11 heteroatoms. The van der Waals surface area contributed by atoms with E-state index in [-0.39, 0.29) is 32.9 Å². The average molecular weight is 561 g/mol. The first-order valence-electron chi connectivity index (χ1n) is 12.3. The normalized spacial score (nSPS) is 19.8. The van der Waals surface area contributed by atoms with Crippen LogP contribution in [0.15, 0.2) is 36.4 Å². The number of nitrogens with zero attached hydrogens (tertiary/aromatic N) is 3. The predicted molar refractivity (Wildman–Crippen MR) is 143 cm³/mol. The molecule has 2 aromatic rings. The maximum atomic E-state index is 15.1. The number of anilines is 2. The minimum Gasteiger partial charge on any atom is -0.355 e. The van der Waals surface area contributed by atoms with Crippen molar-refractivity contribution in [2.24, 2.45) is 10.8 Å². The molecule has 1 saturated carbocycles. The largest absolute Gasteiger partial charge is 0.417 e. The van der Waals surface area contributed by atoms with Crippen LogP contribution in [0.4, 0.5) is 28.9 Å². The van der Waals surface area contributed by atoms with Crippen LogP contribution in [-0.2, 0) is 11.0 Å². The summed E-state index contributed by atoms with van der Waals surface area (Å²) in [5.41, 5.74) is -3.96. The number of alkyl halides is 3. The lowest BCUT2D eigenvalue weighted by Gasteiger charge is -2.52. The first-order chi connectivity index (χ1) is 18.0. The predicted octanol–water partition coefficient (Wildman–Crippen LogP) is 6.19. The van der Waals surface area contributed by atoms with Crippen molar-refractivity contribution in [3.63, 3.8) is 0 Å². The van der Waals surface area contributed by atoms with Crippen molar-refractivity contribution in [3.8, 4) is 6.07 Å². The van der Waals surface area contributed by atoms with Crippen LogP contribution < -0.4 is 15.1 Å². The number of nitrogens with one attached hydrogen (secondary N) is 1. The first kappa shape index (κ1) is 28.5. The number of nitriles is 1. The Morgan fingerprint density at radius 1 is 1.03 bits per heavy atom. The Bertz CT molecular complexity index is 1410. The molecule has 1 heterocycles. The maximum absolute atomic E-state index is 15.1. The lowest BCUT2D eigenvalue weighted by Crippen LogP contribution is -2.58. The summed E-state index contributed by atoms with van der Waals surface area (Å²) in [4.78, 5) is 29.0. The van der Waals surface area contributed by atoms with Gasteiger partial charge in [0.05, 0.1) is 28.4 Å². The van der Waals surface area contributed by atoms with Crippen LogP contribution in [-0.4, -0.2) is 29.5 Å². The number of hydrogen-bond acceptors (Lipinski definition) is 4. The first-order valence-corrected chi connectivity index (χ1v) is 12.7. The van der Waals surface area contributed by atoms with Gasteiger partial charge in [0.2, 0.25) is 0 Å². The van der Waals surface area contributed by atoms with Crippen molar-refractivity contribution < 1.29 is 27.2 Å². The number of rotatable bonds is 3. The smallest absolute Gasteiger partial charge is 0.355 e. The van der Waals surface area contributed by atoms with Crippen molar-refractivity contribution in [1.29, 1.82) is 5.26 Å². The van der Waals surface area contributed by atoms with E-state index in [0.717, 1.165) is 29.5 Å². The molecule has 1 aliphatic heterocycles. The summed E-state index contributed by atoms with van der Waals surface area (Å²) in [5, 5.41) is 11.5. The Kier molecular flexibility index (Phi) is 6.79. The van der Waals surface area contributed by atoms with Gasteiger partial charge in [-0.1, -0.05) is 27.7 Å². The van der Waals surface area contributed by atoms with Crippen LogP contribution in [0.1, 0.15) is 68.4 Å². The van der Waals surface area contributed by atoms with E-state index in [4.69, 9.17) is 12.2 Å². The molecule has 2 aliphatic rings. The number of thiocarbonyl (C=S) groups is 1. The van der Waals surface area contributed by atoms with Gasteiger partial charge in [-0.2, -0.15) is 18.4 Å². The molecule has 206 valence electrons. The van der Waals surface area contributed by atoms with Gasteiger partial charge >= 0.3 is 6.18 Å². The summed E-state index contributed by atoms with van der Waals surface area (Å²) in [6.07, 6.45) is -3.45. The topological polar surface area (TPSA) is 76.4 Å². The number of carbonyl (C=O) groups is 2. The summed E-state index contributed by atoms with van der Waals surface area (Å²) in [6, 6.07) is 8.43. The van der Waals surface area contributed by atoms with Crippen molar-refractivity contribution in [3.05, 3.63) is 58.9 Å². The molecule has 0 bridgehead atoms. The summed E-state index contributed by atoms with van der Waals surface area (Å²) < 4.78 is 56.5. The zero-order chi connectivity index (χ0) is 29.1. The van der Waals surface area contributed by atoms with E-state index in [1.807, 2.05) is 27.7 Å². The van der Waals surface area contributed by atoms with Crippen molar-refractivity contribution in [2.75, 3.05) is 16.8 Å². The number of carbonyl (C=O) groups excluding carboxylic acids is 2. The van der Waals surface area contributed by atoms with Crippen molar-refractivity contribution >= 4 is 40.5 Å². The highest BCUT2D eigenvalue weighted by Crippen LogP contribution is 2.56.